The van der Waals surface area contributed by atoms with Crippen molar-refractivity contribution >= 4 is 32.4 Å². The molecular weight excluding hydrogens is 318 g/mol. The van der Waals surface area contributed by atoms with Gasteiger partial charge >= 0.3 is 0 Å². The summed E-state index contributed by atoms with van der Waals surface area (Å²) in [6.07, 6.45) is 0. The third-order valence-corrected chi connectivity index (χ3v) is 3.72. The molecular formula is C16H14BrNO2. The van der Waals surface area contributed by atoms with Crippen molar-refractivity contribution in [1.29, 1.82) is 0 Å². The number of hydrogen-bond acceptors (Lipinski definition) is 3. The number of phenols is 1. The van der Waals surface area contributed by atoms with Gasteiger partial charge in [0, 0.05) is 16.5 Å². The van der Waals surface area contributed by atoms with Gasteiger partial charge in [0.15, 0.2) is 4.67 Å². The second kappa shape index (κ2) is 5.21. The zero-order valence-corrected chi connectivity index (χ0v) is 12.5. The number of hydrogen-bond donors (Lipinski definition) is 2. The second-order valence-corrected chi connectivity index (χ2v) is 5.47. The van der Waals surface area contributed by atoms with E-state index in [9.17, 15) is 5.11 Å². The minimum atomic E-state index is 0.0363. The first-order valence-electron chi connectivity index (χ1n) is 6.37. The molecule has 102 valence electrons. The molecule has 4 heteroatoms. The van der Waals surface area contributed by atoms with E-state index in [4.69, 9.17) is 4.42 Å². The number of rotatable bonds is 3. The van der Waals surface area contributed by atoms with E-state index in [1.54, 1.807) is 6.07 Å². The molecule has 0 saturated heterocycles. The van der Waals surface area contributed by atoms with E-state index in [1.807, 2.05) is 49.4 Å². The minimum absolute atomic E-state index is 0.0363. The van der Waals surface area contributed by atoms with Crippen molar-refractivity contribution in [3.63, 3.8) is 0 Å². The van der Waals surface area contributed by atoms with Crippen molar-refractivity contribution in [3.8, 4) is 5.75 Å². The van der Waals surface area contributed by atoms with Gasteiger partial charge in [0.25, 0.3) is 0 Å². The number of furan rings is 1. The maximum absolute atomic E-state index is 9.90. The van der Waals surface area contributed by atoms with Crippen LogP contribution >= 0.6 is 15.9 Å². The van der Waals surface area contributed by atoms with Gasteiger partial charge in [0.05, 0.1) is 6.04 Å². The molecule has 0 saturated carbocycles. The molecule has 3 aromatic rings. The van der Waals surface area contributed by atoms with Crippen LogP contribution < -0.4 is 5.32 Å². The molecule has 0 spiro atoms. The summed E-state index contributed by atoms with van der Waals surface area (Å²) in [6.45, 7) is 2.03. The Balaban J connectivity index is 1.97. The Hall–Kier alpha value is -1.94. The molecule has 3 rings (SSSR count). The summed E-state index contributed by atoms with van der Waals surface area (Å²) >= 11 is 3.31. The molecule has 2 aromatic carbocycles. The Morgan fingerprint density at radius 1 is 1.05 bits per heavy atom. The van der Waals surface area contributed by atoms with E-state index >= 15 is 0 Å². The lowest BCUT2D eigenvalue weighted by molar-refractivity contribution is 0.471. The SMILES string of the molecule is CC(Nc1cccc2c(O)cccc12)c1ccc(Br)o1. The van der Waals surface area contributed by atoms with Gasteiger partial charge in [-0.2, -0.15) is 0 Å². The van der Waals surface area contributed by atoms with Crippen LogP contribution in [0.5, 0.6) is 5.75 Å². The van der Waals surface area contributed by atoms with Gasteiger partial charge in [-0.15, -0.1) is 0 Å². The van der Waals surface area contributed by atoms with Crippen molar-refractivity contribution in [2.45, 2.75) is 13.0 Å². The molecule has 0 amide bonds. The number of benzene rings is 2. The number of halogens is 1. The average molecular weight is 332 g/mol. The van der Waals surface area contributed by atoms with E-state index in [-0.39, 0.29) is 6.04 Å². The summed E-state index contributed by atoms with van der Waals surface area (Å²) in [4.78, 5) is 0. The number of fused-ring (bicyclic) bond motifs is 1. The van der Waals surface area contributed by atoms with Crippen molar-refractivity contribution in [1.82, 2.24) is 0 Å². The fourth-order valence-electron chi connectivity index (χ4n) is 2.28. The van der Waals surface area contributed by atoms with Gasteiger partial charge in [-0.25, -0.2) is 0 Å². The quantitative estimate of drug-likeness (QED) is 0.703. The Bertz CT molecular complexity index is 751. The first-order chi connectivity index (χ1) is 9.65. The molecule has 0 aliphatic carbocycles. The van der Waals surface area contributed by atoms with Crippen LogP contribution in [0.15, 0.2) is 57.6 Å². The molecule has 0 aliphatic rings. The molecule has 3 nitrogen and oxygen atoms in total. The molecule has 0 radical (unpaired) electrons. The van der Waals surface area contributed by atoms with Crippen molar-refractivity contribution < 1.29 is 9.52 Å². The summed E-state index contributed by atoms with van der Waals surface area (Å²) in [6, 6.07) is 15.2. The Labute approximate surface area is 125 Å². The highest BCUT2D eigenvalue weighted by Crippen LogP contribution is 2.32. The highest BCUT2D eigenvalue weighted by molar-refractivity contribution is 9.10. The average Bonchev–Trinajstić information content (AvgIpc) is 2.87. The molecule has 0 aliphatic heterocycles. The Kier molecular flexibility index (Phi) is 3.40. The number of anilines is 1. The zero-order valence-electron chi connectivity index (χ0n) is 10.9. The van der Waals surface area contributed by atoms with Gasteiger partial charge < -0.3 is 14.8 Å². The van der Waals surface area contributed by atoms with Crippen LogP contribution in [0.2, 0.25) is 0 Å². The summed E-state index contributed by atoms with van der Waals surface area (Å²) < 4.78 is 6.28. The second-order valence-electron chi connectivity index (χ2n) is 4.69. The first-order valence-corrected chi connectivity index (χ1v) is 7.17. The lowest BCUT2D eigenvalue weighted by atomic mass is 10.1. The van der Waals surface area contributed by atoms with E-state index in [0.29, 0.717) is 5.75 Å². The van der Waals surface area contributed by atoms with Crippen LogP contribution in [0.25, 0.3) is 10.8 Å². The molecule has 0 bridgehead atoms. The van der Waals surface area contributed by atoms with Gasteiger partial charge in [-0.3, -0.25) is 0 Å². The molecule has 20 heavy (non-hydrogen) atoms. The van der Waals surface area contributed by atoms with Crippen LogP contribution in [0, 0.1) is 0 Å². The lowest BCUT2D eigenvalue weighted by Crippen LogP contribution is -2.05. The Morgan fingerprint density at radius 3 is 2.55 bits per heavy atom. The highest BCUT2D eigenvalue weighted by atomic mass is 79.9. The highest BCUT2D eigenvalue weighted by Gasteiger charge is 2.11. The standard InChI is InChI=1S/C16H14BrNO2/c1-10(15-8-9-16(17)20-15)18-13-6-2-5-12-11(13)4-3-7-14(12)19/h2-10,18-19H,1H3. The van der Waals surface area contributed by atoms with Crippen molar-refractivity contribution in [2.75, 3.05) is 5.32 Å². The summed E-state index contributed by atoms with van der Waals surface area (Å²) in [5, 5.41) is 15.1. The van der Waals surface area contributed by atoms with Crippen LogP contribution in [0.1, 0.15) is 18.7 Å². The predicted octanol–water partition coefficient (Wildman–Crippen LogP) is 5.07. The smallest absolute Gasteiger partial charge is 0.169 e. The normalized spacial score (nSPS) is 12.5. The van der Waals surface area contributed by atoms with Crippen LogP contribution in [0.4, 0.5) is 5.69 Å². The monoisotopic (exact) mass is 331 g/mol. The third kappa shape index (κ3) is 2.39. The van der Waals surface area contributed by atoms with E-state index in [2.05, 4.69) is 21.2 Å². The molecule has 1 aromatic heterocycles. The number of aromatic hydroxyl groups is 1. The topological polar surface area (TPSA) is 45.4 Å². The van der Waals surface area contributed by atoms with Gasteiger partial charge in [0.1, 0.15) is 11.5 Å². The fourth-order valence-corrected chi connectivity index (χ4v) is 2.60. The van der Waals surface area contributed by atoms with Crippen LogP contribution in [0.3, 0.4) is 0 Å². The predicted molar refractivity (Wildman–Crippen MR) is 84.1 cm³/mol. The fraction of sp³-hybridized carbons (Fsp3) is 0.125. The van der Waals surface area contributed by atoms with Gasteiger partial charge in [-0.05, 0) is 47.1 Å². The molecule has 1 atom stereocenters. The molecule has 1 unspecified atom stereocenters. The maximum Gasteiger partial charge on any atom is 0.169 e. The molecule has 1 heterocycles. The summed E-state index contributed by atoms with van der Waals surface area (Å²) in [5.41, 5.74) is 0.971. The van der Waals surface area contributed by atoms with Crippen molar-refractivity contribution in [3.05, 3.63) is 59.0 Å². The van der Waals surface area contributed by atoms with Crippen molar-refractivity contribution in [2.24, 2.45) is 0 Å². The third-order valence-electron chi connectivity index (χ3n) is 3.29. The maximum atomic E-state index is 9.90. The van der Waals surface area contributed by atoms with E-state index in [0.717, 1.165) is 26.9 Å². The van der Waals surface area contributed by atoms with Gasteiger partial charge in [0.2, 0.25) is 0 Å². The number of nitrogens with one attached hydrogen (secondary N) is 1. The lowest BCUT2D eigenvalue weighted by Gasteiger charge is -2.15. The minimum Gasteiger partial charge on any atom is -0.507 e. The molecule has 0 fully saturated rings. The summed E-state index contributed by atoms with van der Waals surface area (Å²) in [5.74, 6) is 1.15. The number of phenolic OH excluding ortho intramolecular Hbond substituents is 1. The Morgan fingerprint density at radius 2 is 1.80 bits per heavy atom. The van der Waals surface area contributed by atoms with Gasteiger partial charge in [-0.1, -0.05) is 24.3 Å². The van der Waals surface area contributed by atoms with E-state index in [1.165, 1.54) is 0 Å². The van der Waals surface area contributed by atoms with E-state index < -0.39 is 0 Å². The van der Waals surface area contributed by atoms with Crippen LogP contribution in [-0.2, 0) is 0 Å². The van der Waals surface area contributed by atoms with Crippen LogP contribution in [-0.4, -0.2) is 5.11 Å². The summed E-state index contributed by atoms with van der Waals surface area (Å²) in [7, 11) is 0. The molecule has 2 N–H and O–H groups in total. The first kappa shape index (κ1) is 13.1. The zero-order chi connectivity index (χ0) is 14.1. The largest absolute Gasteiger partial charge is 0.507 e.